The van der Waals surface area contributed by atoms with Gasteiger partial charge in [-0.05, 0) is 11.6 Å². The van der Waals surface area contributed by atoms with E-state index in [0.717, 1.165) is 5.56 Å². The summed E-state index contributed by atoms with van der Waals surface area (Å²) in [5, 5.41) is 13.4. The fraction of sp³-hybridized carbons (Fsp3) is 0.364. The predicted octanol–water partition coefficient (Wildman–Crippen LogP) is 1.67. The first-order valence-corrected chi connectivity index (χ1v) is 5.21. The largest absolute Gasteiger partial charge is 0.380 e. The maximum absolute atomic E-state index is 10.9. The van der Waals surface area contributed by atoms with Crippen molar-refractivity contribution in [1.29, 1.82) is 0 Å². The van der Waals surface area contributed by atoms with Crippen molar-refractivity contribution in [3.05, 3.63) is 33.9 Å². The van der Waals surface area contributed by atoms with Crippen LogP contribution < -0.4 is 5.32 Å². The number of nitrogens with zero attached hydrogens (tertiary/aromatic N) is 1. The summed E-state index contributed by atoms with van der Waals surface area (Å²) in [5.74, 6) is -0.104. The summed E-state index contributed by atoms with van der Waals surface area (Å²) < 4.78 is 5.04. The first-order chi connectivity index (χ1) is 8.08. The minimum Gasteiger partial charge on any atom is -0.380 e. The third-order valence-electron chi connectivity index (χ3n) is 2.64. The maximum atomic E-state index is 10.9. The molecule has 0 unspecified atom stereocenters. The van der Waals surface area contributed by atoms with Crippen molar-refractivity contribution in [3.63, 3.8) is 0 Å². The van der Waals surface area contributed by atoms with Gasteiger partial charge in [0, 0.05) is 18.9 Å². The Morgan fingerprint density at radius 2 is 2.24 bits per heavy atom. The molecule has 17 heavy (non-hydrogen) atoms. The lowest BCUT2D eigenvalue weighted by molar-refractivity contribution is -0.384. The Bertz CT molecular complexity index is 469. The van der Waals surface area contributed by atoms with Crippen molar-refractivity contribution in [2.45, 2.75) is 12.8 Å². The van der Waals surface area contributed by atoms with E-state index in [2.05, 4.69) is 5.32 Å². The molecule has 1 aliphatic rings. The standard InChI is InChI=1S/C11H12N2O4/c1-7(14)12-10-3-2-8(9-5-17-6-9)4-11(10)13(15)16/h2-4,9H,5-6H2,1H3,(H,12,14). The van der Waals surface area contributed by atoms with Gasteiger partial charge in [0.25, 0.3) is 5.69 Å². The highest BCUT2D eigenvalue weighted by atomic mass is 16.6. The van der Waals surface area contributed by atoms with E-state index in [1.165, 1.54) is 13.0 Å². The number of nitrogens with one attached hydrogen (secondary N) is 1. The summed E-state index contributed by atoms with van der Waals surface area (Å²) in [7, 11) is 0. The topological polar surface area (TPSA) is 81.5 Å². The monoisotopic (exact) mass is 236 g/mol. The zero-order valence-electron chi connectivity index (χ0n) is 9.30. The van der Waals surface area contributed by atoms with Crippen LogP contribution >= 0.6 is 0 Å². The van der Waals surface area contributed by atoms with Crippen molar-refractivity contribution in [1.82, 2.24) is 0 Å². The Labute approximate surface area is 97.7 Å². The maximum Gasteiger partial charge on any atom is 0.293 e. The number of anilines is 1. The molecule has 0 aromatic heterocycles. The lowest BCUT2D eigenvalue weighted by Gasteiger charge is -2.26. The van der Waals surface area contributed by atoms with Crippen LogP contribution in [0.1, 0.15) is 18.4 Å². The number of nitro benzene ring substituents is 1. The van der Waals surface area contributed by atoms with Gasteiger partial charge in [-0.3, -0.25) is 14.9 Å². The van der Waals surface area contributed by atoms with E-state index in [1.807, 2.05) is 0 Å². The second-order valence-corrected chi connectivity index (χ2v) is 3.95. The Kier molecular flexibility index (Phi) is 3.06. The molecule has 1 aromatic carbocycles. The van der Waals surface area contributed by atoms with Gasteiger partial charge < -0.3 is 10.1 Å². The normalized spacial score (nSPS) is 15.1. The van der Waals surface area contributed by atoms with E-state index in [4.69, 9.17) is 4.74 Å². The number of ether oxygens (including phenoxy) is 1. The van der Waals surface area contributed by atoms with Gasteiger partial charge in [0.1, 0.15) is 5.69 Å². The predicted molar refractivity (Wildman–Crippen MR) is 61.0 cm³/mol. The second kappa shape index (κ2) is 4.50. The molecule has 1 fully saturated rings. The van der Waals surface area contributed by atoms with Crippen LogP contribution in [-0.2, 0) is 9.53 Å². The van der Waals surface area contributed by atoms with Gasteiger partial charge in [-0.2, -0.15) is 0 Å². The number of hydrogen-bond donors (Lipinski definition) is 1. The molecule has 0 radical (unpaired) electrons. The lowest BCUT2D eigenvalue weighted by Crippen LogP contribution is -2.25. The van der Waals surface area contributed by atoms with Crippen molar-refractivity contribution in [3.8, 4) is 0 Å². The zero-order chi connectivity index (χ0) is 12.4. The minimum atomic E-state index is -0.492. The summed E-state index contributed by atoms with van der Waals surface area (Å²) in [4.78, 5) is 21.3. The number of rotatable bonds is 3. The molecule has 0 spiro atoms. The number of carbonyl (C=O) groups is 1. The molecule has 0 atom stereocenters. The Morgan fingerprint density at radius 3 is 2.71 bits per heavy atom. The molecule has 1 aliphatic heterocycles. The SMILES string of the molecule is CC(=O)Nc1ccc(C2COC2)cc1[N+](=O)[O-]. The highest BCUT2D eigenvalue weighted by Crippen LogP contribution is 2.31. The van der Waals surface area contributed by atoms with Gasteiger partial charge in [-0.15, -0.1) is 0 Å². The second-order valence-electron chi connectivity index (χ2n) is 3.95. The smallest absolute Gasteiger partial charge is 0.293 e. The first-order valence-electron chi connectivity index (χ1n) is 5.21. The van der Waals surface area contributed by atoms with Crippen LogP contribution in [0.25, 0.3) is 0 Å². The summed E-state index contributed by atoms with van der Waals surface area (Å²) in [5.41, 5.74) is 1.02. The van der Waals surface area contributed by atoms with E-state index in [-0.39, 0.29) is 23.2 Å². The molecule has 1 amide bonds. The highest BCUT2D eigenvalue weighted by Gasteiger charge is 2.24. The summed E-state index contributed by atoms with van der Waals surface area (Å²) in [6, 6.07) is 4.84. The fourth-order valence-electron chi connectivity index (χ4n) is 1.68. The quantitative estimate of drug-likeness (QED) is 0.639. The minimum absolute atomic E-state index is 0.0791. The van der Waals surface area contributed by atoms with Crippen molar-refractivity contribution in [2.75, 3.05) is 18.5 Å². The molecule has 6 nitrogen and oxygen atoms in total. The lowest BCUT2D eigenvalue weighted by atomic mass is 9.97. The van der Waals surface area contributed by atoms with E-state index < -0.39 is 4.92 Å². The average Bonchev–Trinajstić information content (AvgIpc) is 2.16. The first kappa shape index (κ1) is 11.5. The number of nitro groups is 1. The van der Waals surface area contributed by atoms with E-state index in [0.29, 0.717) is 13.2 Å². The Balaban J connectivity index is 2.33. The molecule has 0 aliphatic carbocycles. The van der Waals surface area contributed by atoms with Crippen molar-refractivity contribution in [2.24, 2.45) is 0 Å². The molecular formula is C11H12N2O4. The van der Waals surface area contributed by atoms with Gasteiger partial charge in [0.2, 0.25) is 5.91 Å². The third kappa shape index (κ3) is 2.42. The van der Waals surface area contributed by atoms with Crippen LogP contribution in [0.4, 0.5) is 11.4 Å². The molecule has 1 saturated heterocycles. The average molecular weight is 236 g/mol. The molecular weight excluding hydrogens is 224 g/mol. The summed E-state index contributed by atoms with van der Waals surface area (Å²) >= 11 is 0. The van der Waals surface area contributed by atoms with Crippen LogP contribution in [-0.4, -0.2) is 24.0 Å². The fourth-order valence-corrected chi connectivity index (χ4v) is 1.68. The van der Waals surface area contributed by atoms with E-state index in [9.17, 15) is 14.9 Å². The molecule has 0 bridgehead atoms. The van der Waals surface area contributed by atoms with Crippen LogP contribution in [0.2, 0.25) is 0 Å². The molecule has 90 valence electrons. The third-order valence-corrected chi connectivity index (χ3v) is 2.64. The van der Waals surface area contributed by atoms with Gasteiger partial charge in [0.15, 0.2) is 0 Å². The van der Waals surface area contributed by atoms with Crippen LogP contribution in [0.3, 0.4) is 0 Å². The Hall–Kier alpha value is -1.95. The molecule has 1 aromatic rings. The number of benzene rings is 1. The summed E-state index contributed by atoms with van der Waals surface area (Å²) in [6.45, 7) is 2.50. The number of carbonyl (C=O) groups excluding carboxylic acids is 1. The van der Waals surface area contributed by atoms with Gasteiger partial charge >= 0.3 is 0 Å². The zero-order valence-corrected chi connectivity index (χ0v) is 9.30. The van der Waals surface area contributed by atoms with Gasteiger partial charge in [-0.25, -0.2) is 0 Å². The molecule has 2 rings (SSSR count). The van der Waals surface area contributed by atoms with Crippen LogP contribution in [0.15, 0.2) is 18.2 Å². The molecule has 1 heterocycles. The highest BCUT2D eigenvalue weighted by molar-refractivity contribution is 5.91. The van der Waals surface area contributed by atoms with Crippen molar-refractivity contribution >= 4 is 17.3 Å². The molecule has 1 N–H and O–H groups in total. The van der Waals surface area contributed by atoms with Crippen molar-refractivity contribution < 1.29 is 14.5 Å². The molecule has 6 heteroatoms. The molecule has 0 saturated carbocycles. The Morgan fingerprint density at radius 1 is 1.53 bits per heavy atom. The van der Waals surface area contributed by atoms with Gasteiger partial charge in [0.05, 0.1) is 18.1 Å². The van der Waals surface area contributed by atoms with E-state index >= 15 is 0 Å². The van der Waals surface area contributed by atoms with Gasteiger partial charge in [-0.1, -0.05) is 6.07 Å². The number of hydrogen-bond acceptors (Lipinski definition) is 4. The van der Waals surface area contributed by atoms with E-state index in [1.54, 1.807) is 12.1 Å². The van der Waals surface area contributed by atoms with Crippen LogP contribution in [0, 0.1) is 10.1 Å². The summed E-state index contributed by atoms with van der Waals surface area (Å²) in [6.07, 6.45) is 0. The number of amides is 1. The van der Waals surface area contributed by atoms with Crippen LogP contribution in [0.5, 0.6) is 0 Å².